The lowest BCUT2D eigenvalue weighted by atomic mass is 9.81. The summed E-state index contributed by atoms with van der Waals surface area (Å²) in [6, 6.07) is 4.16. The van der Waals surface area contributed by atoms with E-state index in [4.69, 9.17) is 4.74 Å². The topological polar surface area (TPSA) is 70.4 Å². The molecule has 1 aromatic rings. The van der Waals surface area contributed by atoms with Crippen molar-refractivity contribution in [3.8, 4) is 6.07 Å². The lowest BCUT2D eigenvalue weighted by Crippen LogP contribution is -2.51. The largest absolute Gasteiger partial charge is 0.452 e. The van der Waals surface area contributed by atoms with E-state index in [2.05, 4.69) is 6.07 Å². The molecule has 122 valence electrons. The number of hydrogen-bond donors (Lipinski definition) is 0. The standard InChI is InChI=1S/C17H20N2O3S/c1-19(17(13-18)8-3-2-4-9-17)15(20)11-22-16(21)6-5-14-7-10-23-12-14/h5-7,10,12H,2-4,8-9,11H2,1H3/b6-5+. The summed E-state index contributed by atoms with van der Waals surface area (Å²) in [6.45, 7) is -0.341. The van der Waals surface area contributed by atoms with Crippen LogP contribution in [0, 0.1) is 11.3 Å². The van der Waals surface area contributed by atoms with E-state index in [1.807, 2.05) is 16.8 Å². The second-order valence-corrected chi connectivity index (χ2v) is 6.43. The van der Waals surface area contributed by atoms with Crippen LogP contribution < -0.4 is 0 Å². The summed E-state index contributed by atoms with van der Waals surface area (Å²) in [6.07, 6.45) is 7.27. The minimum Gasteiger partial charge on any atom is -0.452 e. The van der Waals surface area contributed by atoms with E-state index < -0.39 is 11.5 Å². The molecule has 0 N–H and O–H groups in total. The van der Waals surface area contributed by atoms with Crippen LogP contribution in [-0.2, 0) is 14.3 Å². The van der Waals surface area contributed by atoms with Gasteiger partial charge >= 0.3 is 5.97 Å². The van der Waals surface area contributed by atoms with Gasteiger partial charge in [0.25, 0.3) is 5.91 Å². The summed E-state index contributed by atoms with van der Waals surface area (Å²) in [4.78, 5) is 25.3. The van der Waals surface area contributed by atoms with Gasteiger partial charge in [-0.15, -0.1) is 0 Å². The molecule has 1 heterocycles. The molecule has 1 aliphatic carbocycles. The van der Waals surface area contributed by atoms with Gasteiger partial charge in [-0.05, 0) is 41.3 Å². The average Bonchev–Trinajstić information content (AvgIpc) is 3.11. The van der Waals surface area contributed by atoms with Crippen molar-refractivity contribution in [2.75, 3.05) is 13.7 Å². The second kappa shape index (κ2) is 7.93. The van der Waals surface area contributed by atoms with Gasteiger partial charge in [0.2, 0.25) is 0 Å². The van der Waals surface area contributed by atoms with Gasteiger partial charge in [-0.1, -0.05) is 19.3 Å². The van der Waals surface area contributed by atoms with Gasteiger partial charge in [0.1, 0.15) is 5.54 Å². The van der Waals surface area contributed by atoms with Crippen LogP contribution in [0.5, 0.6) is 0 Å². The number of rotatable bonds is 5. The lowest BCUT2D eigenvalue weighted by molar-refractivity contribution is -0.150. The zero-order valence-corrected chi connectivity index (χ0v) is 14.0. The van der Waals surface area contributed by atoms with E-state index >= 15 is 0 Å². The number of esters is 1. The predicted octanol–water partition coefficient (Wildman–Crippen LogP) is 2.99. The summed E-state index contributed by atoms with van der Waals surface area (Å²) in [5, 5.41) is 13.3. The van der Waals surface area contributed by atoms with Crippen LogP contribution >= 0.6 is 11.3 Å². The number of carbonyl (C=O) groups excluding carboxylic acids is 2. The zero-order valence-electron chi connectivity index (χ0n) is 13.2. The van der Waals surface area contributed by atoms with Crippen molar-refractivity contribution in [3.63, 3.8) is 0 Å². The fourth-order valence-corrected chi connectivity index (χ4v) is 3.34. The van der Waals surface area contributed by atoms with Gasteiger partial charge in [0.05, 0.1) is 6.07 Å². The van der Waals surface area contributed by atoms with Gasteiger partial charge in [0, 0.05) is 13.1 Å². The third-order valence-electron chi connectivity index (χ3n) is 4.20. The van der Waals surface area contributed by atoms with Gasteiger partial charge in [-0.25, -0.2) is 4.79 Å². The van der Waals surface area contributed by atoms with Crippen LogP contribution in [-0.4, -0.2) is 36.0 Å². The summed E-state index contributed by atoms with van der Waals surface area (Å²) in [5.41, 5.74) is 0.162. The number of thiophene rings is 1. The maximum atomic E-state index is 12.2. The molecule has 1 amide bonds. The molecule has 1 saturated carbocycles. The van der Waals surface area contributed by atoms with Crippen molar-refractivity contribution >= 4 is 29.3 Å². The number of ether oxygens (including phenoxy) is 1. The van der Waals surface area contributed by atoms with E-state index in [9.17, 15) is 14.9 Å². The number of likely N-dealkylation sites (N-methyl/N-ethyl adjacent to an activating group) is 1. The van der Waals surface area contributed by atoms with Gasteiger partial charge in [0.15, 0.2) is 6.61 Å². The van der Waals surface area contributed by atoms with Crippen molar-refractivity contribution in [3.05, 3.63) is 28.5 Å². The molecule has 1 aromatic heterocycles. The van der Waals surface area contributed by atoms with Crippen LogP contribution in [0.2, 0.25) is 0 Å². The van der Waals surface area contributed by atoms with Crippen LogP contribution in [0.15, 0.2) is 22.9 Å². The summed E-state index contributed by atoms with van der Waals surface area (Å²) in [7, 11) is 1.62. The maximum absolute atomic E-state index is 12.2. The summed E-state index contributed by atoms with van der Waals surface area (Å²) < 4.78 is 4.98. The molecule has 0 unspecified atom stereocenters. The summed E-state index contributed by atoms with van der Waals surface area (Å²) >= 11 is 1.54. The molecule has 1 aliphatic rings. The molecule has 6 heteroatoms. The fourth-order valence-electron chi connectivity index (χ4n) is 2.71. The zero-order chi connectivity index (χ0) is 16.7. The van der Waals surface area contributed by atoms with Crippen molar-refractivity contribution in [1.29, 1.82) is 5.26 Å². The van der Waals surface area contributed by atoms with Gasteiger partial charge < -0.3 is 9.64 Å². The maximum Gasteiger partial charge on any atom is 0.331 e. The van der Waals surface area contributed by atoms with Crippen LogP contribution in [0.25, 0.3) is 6.08 Å². The molecule has 0 spiro atoms. The van der Waals surface area contributed by atoms with Gasteiger partial charge in [-0.2, -0.15) is 16.6 Å². The molecule has 0 aromatic carbocycles. The molecule has 1 fully saturated rings. The van der Waals surface area contributed by atoms with Gasteiger partial charge in [-0.3, -0.25) is 4.79 Å². The Kier molecular flexibility index (Phi) is 5.94. The Balaban J connectivity index is 1.86. The minimum absolute atomic E-state index is 0.341. The Hall–Kier alpha value is -2.13. The summed E-state index contributed by atoms with van der Waals surface area (Å²) in [5.74, 6) is -0.904. The fraction of sp³-hybridized carbons (Fsp3) is 0.471. The Bertz CT molecular complexity index is 610. The first-order valence-corrected chi connectivity index (χ1v) is 8.57. The van der Waals surface area contributed by atoms with E-state index in [1.54, 1.807) is 13.1 Å². The molecule has 23 heavy (non-hydrogen) atoms. The first-order valence-electron chi connectivity index (χ1n) is 7.62. The van der Waals surface area contributed by atoms with Crippen molar-refractivity contribution in [2.24, 2.45) is 0 Å². The average molecular weight is 332 g/mol. The number of carbonyl (C=O) groups is 2. The molecule has 0 radical (unpaired) electrons. The van der Waals surface area contributed by atoms with Crippen molar-refractivity contribution in [1.82, 2.24) is 4.90 Å². The van der Waals surface area contributed by atoms with E-state index in [1.165, 1.54) is 22.3 Å². The molecule has 5 nitrogen and oxygen atoms in total. The third-order valence-corrected chi connectivity index (χ3v) is 4.90. The normalized spacial score (nSPS) is 16.7. The van der Waals surface area contributed by atoms with Crippen molar-refractivity contribution in [2.45, 2.75) is 37.6 Å². The van der Waals surface area contributed by atoms with Crippen molar-refractivity contribution < 1.29 is 14.3 Å². The first-order chi connectivity index (χ1) is 11.1. The second-order valence-electron chi connectivity index (χ2n) is 5.65. The van der Waals surface area contributed by atoms with E-state index in [-0.39, 0.29) is 12.5 Å². The minimum atomic E-state index is -0.756. The number of amides is 1. The lowest BCUT2D eigenvalue weighted by Gasteiger charge is -2.38. The monoisotopic (exact) mass is 332 g/mol. The third kappa shape index (κ3) is 4.42. The Morgan fingerprint density at radius 2 is 2.17 bits per heavy atom. The highest BCUT2D eigenvalue weighted by Crippen LogP contribution is 2.32. The molecular formula is C17H20N2O3S. The van der Waals surface area contributed by atoms with E-state index in [0.29, 0.717) is 12.8 Å². The Labute approximate surface area is 140 Å². The molecule has 0 saturated heterocycles. The molecule has 2 rings (SSSR count). The highest BCUT2D eigenvalue weighted by molar-refractivity contribution is 7.08. The van der Waals surface area contributed by atoms with E-state index in [0.717, 1.165) is 24.8 Å². The number of hydrogen-bond acceptors (Lipinski definition) is 5. The smallest absolute Gasteiger partial charge is 0.331 e. The molecule has 0 bridgehead atoms. The number of nitriles is 1. The van der Waals surface area contributed by atoms with Crippen LogP contribution in [0.1, 0.15) is 37.7 Å². The van der Waals surface area contributed by atoms with Crippen LogP contribution in [0.3, 0.4) is 0 Å². The Morgan fingerprint density at radius 3 is 2.78 bits per heavy atom. The highest BCUT2D eigenvalue weighted by atomic mass is 32.1. The predicted molar refractivity (Wildman–Crippen MR) is 88.5 cm³/mol. The Morgan fingerprint density at radius 1 is 1.43 bits per heavy atom. The SMILES string of the molecule is CN(C(=O)COC(=O)/C=C/c1ccsc1)C1(C#N)CCCCC1. The molecule has 0 aliphatic heterocycles. The molecule has 0 atom stereocenters. The first kappa shape index (κ1) is 17.2. The highest BCUT2D eigenvalue weighted by Gasteiger charge is 2.38. The van der Waals surface area contributed by atoms with Crippen LogP contribution in [0.4, 0.5) is 0 Å². The quantitative estimate of drug-likeness (QED) is 0.614. The molecular weight excluding hydrogens is 312 g/mol. The number of nitrogens with zero attached hydrogens (tertiary/aromatic N) is 2.